The van der Waals surface area contributed by atoms with E-state index in [1.54, 1.807) is 6.92 Å². The van der Waals surface area contributed by atoms with Crippen molar-refractivity contribution < 1.29 is 28.0 Å². The zero-order valence-electron chi connectivity index (χ0n) is 13.2. The number of likely N-dealkylation sites (tertiary alicyclic amines) is 1. The average Bonchev–Trinajstić information content (AvgIpc) is 3.21. The van der Waals surface area contributed by atoms with Crippen molar-refractivity contribution in [1.29, 1.82) is 0 Å². The van der Waals surface area contributed by atoms with E-state index >= 15 is 0 Å². The van der Waals surface area contributed by atoms with E-state index in [4.69, 9.17) is 5.11 Å². The van der Waals surface area contributed by atoms with Crippen molar-refractivity contribution >= 4 is 11.9 Å². The van der Waals surface area contributed by atoms with E-state index in [0.29, 0.717) is 17.7 Å². The van der Waals surface area contributed by atoms with E-state index in [9.17, 15) is 18.4 Å². The van der Waals surface area contributed by atoms with Crippen LogP contribution in [-0.2, 0) is 4.79 Å². The number of halogens is 2. The molecule has 2 aromatic rings. The van der Waals surface area contributed by atoms with Crippen molar-refractivity contribution in [3.05, 3.63) is 35.7 Å². The van der Waals surface area contributed by atoms with Crippen LogP contribution in [0.2, 0.25) is 0 Å². The highest BCUT2D eigenvalue weighted by atomic mass is 19.3. The molecule has 1 aliphatic heterocycles. The van der Waals surface area contributed by atoms with Crippen LogP contribution in [0.5, 0.6) is 0 Å². The molecule has 132 valence electrons. The standard InChI is InChI=1S/C16H15F2N3O4/c1-8-6-21(7-11(8)16(23)24)15(22)10-4-2-9(3-5-10)13-19-14(12(17)18)25-20-13/h2-5,8,11-12H,6-7H2,1H3,(H,23,24)/t8-,11-/m1/s1. The molecule has 0 unspecified atom stereocenters. The fourth-order valence-corrected chi connectivity index (χ4v) is 2.84. The molecule has 1 aliphatic rings. The molecular weight excluding hydrogens is 336 g/mol. The molecule has 1 fully saturated rings. The second kappa shape index (κ2) is 6.58. The molecular formula is C16H15F2N3O4. The van der Waals surface area contributed by atoms with E-state index < -0.39 is 24.2 Å². The summed E-state index contributed by atoms with van der Waals surface area (Å²) in [5, 5.41) is 12.6. The van der Waals surface area contributed by atoms with Gasteiger partial charge in [0.1, 0.15) is 0 Å². The smallest absolute Gasteiger partial charge is 0.315 e. The van der Waals surface area contributed by atoms with Gasteiger partial charge in [0.2, 0.25) is 5.82 Å². The Morgan fingerprint density at radius 1 is 1.28 bits per heavy atom. The topological polar surface area (TPSA) is 96.5 Å². The van der Waals surface area contributed by atoms with Gasteiger partial charge in [-0.05, 0) is 18.1 Å². The Morgan fingerprint density at radius 3 is 2.48 bits per heavy atom. The molecule has 1 saturated heterocycles. The number of carboxylic acid groups (broad SMARTS) is 1. The maximum atomic E-state index is 12.5. The summed E-state index contributed by atoms with van der Waals surface area (Å²) in [6.07, 6.45) is -2.85. The normalized spacial score (nSPS) is 20.2. The molecule has 0 saturated carbocycles. The summed E-state index contributed by atoms with van der Waals surface area (Å²) in [6, 6.07) is 6.10. The maximum Gasteiger partial charge on any atom is 0.315 e. The molecule has 1 N–H and O–H groups in total. The first kappa shape index (κ1) is 17.0. The first-order valence-electron chi connectivity index (χ1n) is 7.61. The summed E-state index contributed by atoms with van der Waals surface area (Å²) in [7, 11) is 0. The monoisotopic (exact) mass is 351 g/mol. The number of carbonyl (C=O) groups is 2. The summed E-state index contributed by atoms with van der Waals surface area (Å²) in [6.45, 7) is 2.34. The molecule has 1 aromatic carbocycles. The summed E-state index contributed by atoms with van der Waals surface area (Å²) in [5.74, 6) is -2.63. The van der Waals surface area contributed by atoms with Crippen LogP contribution in [0.15, 0.2) is 28.8 Å². The molecule has 1 aromatic heterocycles. The summed E-state index contributed by atoms with van der Waals surface area (Å²) in [4.78, 5) is 28.7. The third-order valence-electron chi connectivity index (χ3n) is 4.24. The highest BCUT2D eigenvalue weighted by Crippen LogP contribution is 2.26. The second-order valence-corrected chi connectivity index (χ2v) is 5.97. The molecule has 9 heteroatoms. The van der Waals surface area contributed by atoms with Gasteiger partial charge in [-0.3, -0.25) is 9.59 Å². The van der Waals surface area contributed by atoms with Crippen LogP contribution >= 0.6 is 0 Å². The number of hydrogen-bond acceptors (Lipinski definition) is 5. The molecule has 1 amide bonds. The van der Waals surface area contributed by atoms with Gasteiger partial charge in [0.25, 0.3) is 11.8 Å². The lowest BCUT2D eigenvalue weighted by Crippen LogP contribution is -2.29. The minimum Gasteiger partial charge on any atom is -0.481 e. The number of alkyl halides is 2. The first-order valence-corrected chi connectivity index (χ1v) is 7.61. The fourth-order valence-electron chi connectivity index (χ4n) is 2.84. The van der Waals surface area contributed by atoms with Crippen LogP contribution in [0.25, 0.3) is 11.4 Å². The van der Waals surface area contributed by atoms with Crippen molar-refractivity contribution in [2.45, 2.75) is 13.3 Å². The third-order valence-corrected chi connectivity index (χ3v) is 4.24. The van der Waals surface area contributed by atoms with Crippen LogP contribution in [0.3, 0.4) is 0 Å². The van der Waals surface area contributed by atoms with Crippen molar-refractivity contribution in [1.82, 2.24) is 15.0 Å². The quantitative estimate of drug-likeness (QED) is 0.909. The predicted octanol–water partition coefficient (Wildman–Crippen LogP) is 2.47. The Balaban J connectivity index is 1.74. The van der Waals surface area contributed by atoms with Gasteiger partial charge in [0, 0.05) is 24.2 Å². The number of carbonyl (C=O) groups excluding carboxylic acids is 1. The van der Waals surface area contributed by atoms with Crippen molar-refractivity contribution in [3.8, 4) is 11.4 Å². The predicted molar refractivity (Wildman–Crippen MR) is 80.9 cm³/mol. The van der Waals surface area contributed by atoms with E-state index in [0.717, 1.165) is 0 Å². The fraction of sp³-hybridized carbons (Fsp3) is 0.375. The number of rotatable bonds is 4. The van der Waals surface area contributed by atoms with Crippen LogP contribution < -0.4 is 0 Å². The Kier molecular flexibility index (Phi) is 4.47. The van der Waals surface area contributed by atoms with Gasteiger partial charge in [-0.2, -0.15) is 13.8 Å². The van der Waals surface area contributed by atoms with Gasteiger partial charge in [-0.1, -0.05) is 24.2 Å². The van der Waals surface area contributed by atoms with Crippen molar-refractivity contribution in [2.24, 2.45) is 11.8 Å². The minimum atomic E-state index is -2.85. The molecule has 0 spiro atoms. The SMILES string of the molecule is C[C@@H]1CN(C(=O)c2ccc(-c3noc(C(F)F)n3)cc2)C[C@H]1C(=O)O. The number of hydrogen-bond donors (Lipinski definition) is 1. The molecule has 25 heavy (non-hydrogen) atoms. The van der Waals surface area contributed by atoms with E-state index in [1.165, 1.54) is 29.2 Å². The molecule has 0 radical (unpaired) electrons. The molecule has 3 rings (SSSR count). The molecule has 0 bridgehead atoms. The number of aliphatic carboxylic acids is 1. The number of amides is 1. The van der Waals surface area contributed by atoms with E-state index in [1.807, 2.05) is 0 Å². The number of carboxylic acids is 1. The number of benzene rings is 1. The van der Waals surface area contributed by atoms with Gasteiger partial charge in [0.05, 0.1) is 5.92 Å². The van der Waals surface area contributed by atoms with Crippen molar-refractivity contribution in [3.63, 3.8) is 0 Å². The van der Waals surface area contributed by atoms with Gasteiger partial charge in [-0.15, -0.1) is 0 Å². The number of nitrogens with zero attached hydrogens (tertiary/aromatic N) is 3. The molecule has 0 aliphatic carbocycles. The van der Waals surface area contributed by atoms with Crippen LogP contribution in [0.4, 0.5) is 8.78 Å². The Morgan fingerprint density at radius 2 is 1.96 bits per heavy atom. The zero-order valence-corrected chi connectivity index (χ0v) is 13.2. The van der Waals surface area contributed by atoms with E-state index in [2.05, 4.69) is 14.7 Å². The first-order chi connectivity index (χ1) is 11.9. The second-order valence-electron chi connectivity index (χ2n) is 5.97. The Bertz CT molecular complexity index is 791. The van der Waals surface area contributed by atoms with Gasteiger partial charge in [0.15, 0.2) is 0 Å². The summed E-state index contributed by atoms with van der Waals surface area (Å²) in [5.41, 5.74) is 0.810. The third kappa shape index (κ3) is 3.35. The largest absolute Gasteiger partial charge is 0.481 e. The Hall–Kier alpha value is -2.84. The number of aromatic nitrogens is 2. The van der Waals surface area contributed by atoms with E-state index in [-0.39, 0.29) is 24.2 Å². The average molecular weight is 351 g/mol. The summed E-state index contributed by atoms with van der Waals surface area (Å²) < 4.78 is 29.4. The van der Waals surface area contributed by atoms with Crippen LogP contribution in [0, 0.1) is 11.8 Å². The van der Waals surface area contributed by atoms with Gasteiger partial charge < -0.3 is 14.5 Å². The van der Waals surface area contributed by atoms with Crippen LogP contribution in [-0.4, -0.2) is 45.1 Å². The lowest BCUT2D eigenvalue weighted by atomic mass is 9.99. The summed E-state index contributed by atoms with van der Waals surface area (Å²) >= 11 is 0. The highest BCUT2D eigenvalue weighted by Gasteiger charge is 2.37. The lowest BCUT2D eigenvalue weighted by Gasteiger charge is -2.16. The molecule has 2 atom stereocenters. The zero-order chi connectivity index (χ0) is 18.1. The minimum absolute atomic E-state index is 0.00929. The maximum absolute atomic E-state index is 12.5. The highest BCUT2D eigenvalue weighted by molar-refractivity contribution is 5.95. The van der Waals surface area contributed by atoms with Crippen LogP contribution in [0.1, 0.15) is 29.6 Å². The molecule has 7 nitrogen and oxygen atoms in total. The van der Waals surface area contributed by atoms with Gasteiger partial charge >= 0.3 is 12.4 Å². The lowest BCUT2D eigenvalue weighted by molar-refractivity contribution is -0.142. The van der Waals surface area contributed by atoms with Crippen molar-refractivity contribution in [2.75, 3.05) is 13.1 Å². The Labute approximate surface area is 141 Å². The van der Waals surface area contributed by atoms with Gasteiger partial charge in [-0.25, -0.2) is 0 Å². The molecule has 2 heterocycles.